The van der Waals surface area contributed by atoms with Crippen LogP contribution in [0.1, 0.15) is 5.56 Å². The Balaban J connectivity index is 0.00000242. The van der Waals surface area contributed by atoms with Crippen LogP contribution < -0.4 is 16.0 Å². The van der Waals surface area contributed by atoms with Gasteiger partial charge in [0.05, 0.1) is 19.8 Å². The fraction of sp³-hybridized carbons (Fsp3) is 0.429. The number of hydrogen-bond donors (Lipinski definition) is 3. The van der Waals surface area contributed by atoms with Crippen molar-refractivity contribution in [2.24, 2.45) is 0 Å². The van der Waals surface area contributed by atoms with Crippen molar-refractivity contribution in [1.29, 1.82) is 0 Å². The second-order valence-electron chi connectivity index (χ2n) is 4.81. The fourth-order valence-electron chi connectivity index (χ4n) is 1.95. The maximum atomic E-state index is 11.8. The number of ether oxygens (including phenoxy) is 1. The van der Waals surface area contributed by atoms with Crippen molar-refractivity contribution in [1.82, 2.24) is 10.6 Å². The zero-order valence-corrected chi connectivity index (χ0v) is 14.6. The van der Waals surface area contributed by atoms with Gasteiger partial charge in [-0.3, -0.25) is 9.59 Å². The highest BCUT2D eigenvalue weighted by Crippen LogP contribution is 2.19. The zero-order chi connectivity index (χ0) is 15.2. The van der Waals surface area contributed by atoms with Crippen LogP contribution >= 0.6 is 28.3 Å². The molecule has 0 bridgehead atoms. The van der Waals surface area contributed by atoms with Crippen molar-refractivity contribution in [2.75, 3.05) is 31.6 Å². The summed E-state index contributed by atoms with van der Waals surface area (Å²) in [6.45, 7) is 3.46. The first-order valence-corrected chi connectivity index (χ1v) is 7.50. The molecule has 1 aliphatic rings. The Morgan fingerprint density at radius 1 is 1.45 bits per heavy atom. The van der Waals surface area contributed by atoms with Gasteiger partial charge in [-0.05, 0) is 30.7 Å². The number of anilines is 1. The van der Waals surface area contributed by atoms with Crippen LogP contribution in [0, 0.1) is 6.92 Å². The van der Waals surface area contributed by atoms with E-state index in [4.69, 9.17) is 4.74 Å². The van der Waals surface area contributed by atoms with Crippen LogP contribution in [-0.2, 0) is 14.3 Å². The summed E-state index contributed by atoms with van der Waals surface area (Å²) in [6.07, 6.45) is 0. The van der Waals surface area contributed by atoms with Gasteiger partial charge in [0.1, 0.15) is 6.04 Å². The van der Waals surface area contributed by atoms with Crippen LogP contribution in [0.25, 0.3) is 0 Å². The summed E-state index contributed by atoms with van der Waals surface area (Å²) in [4.78, 5) is 23.6. The number of benzene rings is 1. The van der Waals surface area contributed by atoms with E-state index in [0.29, 0.717) is 25.4 Å². The maximum Gasteiger partial charge on any atom is 0.243 e. The van der Waals surface area contributed by atoms with Gasteiger partial charge in [0, 0.05) is 16.7 Å². The molecule has 1 aliphatic heterocycles. The molecule has 2 rings (SSSR count). The number of halogens is 2. The van der Waals surface area contributed by atoms with Crippen LogP contribution in [0.15, 0.2) is 22.7 Å². The summed E-state index contributed by atoms with van der Waals surface area (Å²) in [5.41, 5.74) is 1.73. The Morgan fingerprint density at radius 2 is 2.23 bits per heavy atom. The summed E-state index contributed by atoms with van der Waals surface area (Å²) in [7, 11) is 0. The first-order valence-electron chi connectivity index (χ1n) is 6.71. The van der Waals surface area contributed by atoms with Crippen molar-refractivity contribution in [2.45, 2.75) is 13.0 Å². The molecule has 1 saturated heterocycles. The van der Waals surface area contributed by atoms with E-state index >= 15 is 0 Å². The van der Waals surface area contributed by atoms with E-state index in [1.807, 2.05) is 19.1 Å². The molecule has 1 heterocycles. The highest BCUT2D eigenvalue weighted by Gasteiger charge is 2.21. The number of hydrogen-bond acceptors (Lipinski definition) is 4. The van der Waals surface area contributed by atoms with E-state index in [1.165, 1.54) is 0 Å². The van der Waals surface area contributed by atoms with Gasteiger partial charge in [0.15, 0.2) is 0 Å². The Labute approximate surface area is 143 Å². The van der Waals surface area contributed by atoms with Gasteiger partial charge in [-0.15, -0.1) is 12.4 Å². The molecule has 1 unspecified atom stereocenters. The number of carbonyl (C=O) groups excluding carboxylic acids is 2. The van der Waals surface area contributed by atoms with Crippen molar-refractivity contribution in [3.8, 4) is 0 Å². The molecule has 1 aromatic rings. The molecule has 122 valence electrons. The molecule has 1 fully saturated rings. The highest BCUT2D eigenvalue weighted by atomic mass is 79.9. The standard InChI is InChI=1S/C14H18BrN3O3.ClH/c1-9-6-10(2-3-11(9)15)18-13(19)7-17-14(20)12-8-21-5-4-16-12;/h2-3,6,12,16H,4-5,7-8H2,1H3,(H,17,20)(H,18,19);1H. The summed E-state index contributed by atoms with van der Waals surface area (Å²) in [5.74, 6) is -0.487. The lowest BCUT2D eigenvalue weighted by Crippen LogP contribution is -2.52. The van der Waals surface area contributed by atoms with Crippen molar-refractivity contribution in [3.63, 3.8) is 0 Å². The van der Waals surface area contributed by atoms with E-state index in [9.17, 15) is 9.59 Å². The van der Waals surface area contributed by atoms with Crippen LogP contribution in [0.2, 0.25) is 0 Å². The molecule has 2 amide bonds. The Hall–Kier alpha value is -1.15. The molecule has 8 heteroatoms. The molecule has 3 N–H and O–H groups in total. The lowest BCUT2D eigenvalue weighted by atomic mass is 10.2. The monoisotopic (exact) mass is 391 g/mol. The van der Waals surface area contributed by atoms with E-state index in [2.05, 4.69) is 31.9 Å². The number of amides is 2. The maximum absolute atomic E-state index is 11.8. The van der Waals surface area contributed by atoms with E-state index in [0.717, 1.165) is 10.0 Å². The van der Waals surface area contributed by atoms with Crippen LogP contribution in [0.5, 0.6) is 0 Å². The second-order valence-corrected chi connectivity index (χ2v) is 5.67. The summed E-state index contributed by atoms with van der Waals surface area (Å²) in [5, 5.41) is 8.37. The molecule has 0 radical (unpaired) electrons. The number of carbonyl (C=O) groups is 2. The van der Waals surface area contributed by atoms with Crippen molar-refractivity contribution >= 4 is 45.8 Å². The average molecular weight is 393 g/mol. The quantitative estimate of drug-likeness (QED) is 0.720. The molecule has 1 atom stereocenters. The molecular formula is C14H19BrClN3O3. The largest absolute Gasteiger partial charge is 0.378 e. The third-order valence-corrected chi connectivity index (χ3v) is 3.99. The molecule has 0 aromatic heterocycles. The molecule has 0 aliphatic carbocycles. The minimum absolute atomic E-state index is 0. The second kappa shape index (κ2) is 9.09. The number of rotatable bonds is 4. The first-order chi connectivity index (χ1) is 10.1. The van der Waals surface area contributed by atoms with Crippen molar-refractivity contribution < 1.29 is 14.3 Å². The lowest BCUT2D eigenvalue weighted by molar-refractivity contribution is -0.128. The van der Waals surface area contributed by atoms with E-state index in [-0.39, 0.29) is 36.8 Å². The third-order valence-electron chi connectivity index (χ3n) is 3.10. The van der Waals surface area contributed by atoms with Crippen LogP contribution in [0.4, 0.5) is 5.69 Å². The summed E-state index contributed by atoms with van der Waals surface area (Å²) in [6, 6.07) is 5.14. The molecular weight excluding hydrogens is 374 g/mol. The number of morpholine rings is 1. The normalized spacial score (nSPS) is 17.3. The summed E-state index contributed by atoms with van der Waals surface area (Å²) < 4.78 is 6.19. The van der Waals surface area contributed by atoms with E-state index in [1.54, 1.807) is 6.07 Å². The Morgan fingerprint density at radius 3 is 2.86 bits per heavy atom. The molecule has 6 nitrogen and oxygen atoms in total. The van der Waals surface area contributed by atoms with Gasteiger partial charge in [0.2, 0.25) is 11.8 Å². The zero-order valence-electron chi connectivity index (χ0n) is 12.1. The fourth-order valence-corrected chi connectivity index (χ4v) is 2.20. The van der Waals surface area contributed by atoms with Gasteiger partial charge in [-0.1, -0.05) is 15.9 Å². The van der Waals surface area contributed by atoms with Gasteiger partial charge in [0.25, 0.3) is 0 Å². The van der Waals surface area contributed by atoms with Crippen LogP contribution in [0.3, 0.4) is 0 Å². The Bertz CT molecular complexity index is 536. The van der Waals surface area contributed by atoms with Crippen LogP contribution in [-0.4, -0.2) is 44.2 Å². The van der Waals surface area contributed by atoms with Crippen molar-refractivity contribution in [3.05, 3.63) is 28.2 Å². The average Bonchev–Trinajstić information content (AvgIpc) is 2.49. The van der Waals surface area contributed by atoms with Gasteiger partial charge in [-0.2, -0.15) is 0 Å². The van der Waals surface area contributed by atoms with Gasteiger partial charge >= 0.3 is 0 Å². The van der Waals surface area contributed by atoms with Gasteiger partial charge in [-0.25, -0.2) is 0 Å². The van der Waals surface area contributed by atoms with E-state index < -0.39 is 0 Å². The minimum Gasteiger partial charge on any atom is -0.378 e. The smallest absolute Gasteiger partial charge is 0.243 e. The topological polar surface area (TPSA) is 79.5 Å². The highest BCUT2D eigenvalue weighted by molar-refractivity contribution is 9.10. The predicted octanol–water partition coefficient (Wildman–Crippen LogP) is 1.22. The molecule has 22 heavy (non-hydrogen) atoms. The SMILES string of the molecule is Cc1cc(NC(=O)CNC(=O)C2COCCN2)ccc1Br.Cl. The molecule has 0 saturated carbocycles. The predicted molar refractivity (Wildman–Crippen MR) is 90.4 cm³/mol. The number of nitrogens with one attached hydrogen (secondary N) is 3. The Kier molecular flexibility index (Phi) is 7.81. The molecule has 0 spiro atoms. The number of aryl methyl sites for hydroxylation is 1. The lowest BCUT2D eigenvalue weighted by Gasteiger charge is -2.22. The minimum atomic E-state index is -0.388. The third kappa shape index (κ3) is 5.57. The molecule has 1 aromatic carbocycles. The summed E-state index contributed by atoms with van der Waals surface area (Å²) >= 11 is 3.40. The first kappa shape index (κ1) is 18.9. The van der Waals surface area contributed by atoms with Gasteiger partial charge < -0.3 is 20.7 Å².